The Morgan fingerprint density at radius 2 is 1.41 bits per heavy atom. The van der Waals surface area contributed by atoms with Crippen molar-refractivity contribution in [2.45, 2.75) is 64.3 Å². The van der Waals surface area contributed by atoms with Gasteiger partial charge >= 0.3 is 217 Å². The van der Waals surface area contributed by atoms with Crippen molar-refractivity contribution >= 4 is 30.0 Å². The van der Waals surface area contributed by atoms with Crippen LogP contribution in [0.5, 0.6) is 17.2 Å². The van der Waals surface area contributed by atoms with E-state index in [0.717, 1.165) is 72.2 Å². The van der Waals surface area contributed by atoms with E-state index in [1.165, 1.54) is 6.42 Å². The molecule has 0 heterocycles. The number of allylic oxidation sites excluding steroid dienone is 2. The van der Waals surface area contributed by atoms with Crippen LogP contribution in [0.3, 0.4) is 0 Å². The van der Waals surface area contributed by atoms with Gasteiger partial charge in [-0.1, -0.05) is 0 Å². The van der Waals surface area contributed by atoms with Crippen LogP contribution in [0, 0.1) is 5.41 Å². The van der Waals surface area contributed by atoms with Gasteiger partial charge < -0.3 is 9.47 Å². The molecule has 1 atom stereocenters. The number of methoxy groups -OCH3 is 2. The van der Waals surface area contributed by atoms with Gasteiger partial charge in [0.2, 0.25) is 0 Å². The molecule has 0 radical (unpaired) electrons. The molecule has 0 fully saturated rings. The Morgan fingerprint density at radius 1 is 0.795 bits per heavy atom. The van der Waals surface area contributed by atoms with Crippen molar-refractivity contribution in [1.82, 2.24) is 4.90 Å². The molecule has 0 spiro atoms. The molecule has 1 aliphatic carbocycles. The zero-order chi connectivity index (χ0) is 31.0. The van der Waals surface area contributed by atoms with E-state index >= 15 is 0 Å². The number of hydrogen-bond acceptors (Lipinski definition) is 5. The fourth-order valence-electron chi connectivity index (χ4n) is 5.70. The van der Waals surface area contributed by atoms with Crippen LogP contribution in [0.1, 0.15) is 63.4 Å². The monoisotopic (exact) mass is 663 g/mol. The molecule has 234 valence electrons. The van der Waals surface area contributed by atoms with Gasteiger partial charge in [0.15, 0.2) is 0 Å². The molecular formula is C37H45NO5Se. The van der Waals surface area contributed by atoms with Crippen molar-refractivity contribution in [3.63, 3.8) is 0 Å². The SMILES string of the molecule is COc1ccc(CN(C[C@]2(CCCCCCCCOc3ccc(OC)cc3)CC=CC(=O)C2)C(=O)[Se]c2ccccc2)cc1. The first kappa shape index (κ1) is 33.4. The summed E-state index contributed by atoms with van der Waals surface area (Å²) in [6.07, 6.45) is 12.7. The van der Waals surface area contributed by atoms with Crippen molar-refractivity contribution < 1.29 is 23.8 Å². The Morgan fingerprint density at radius 3 is 2.07 bits per heavy atom. The predicted molar refractivity (Wildman–Crippen MR) is 177 cm³/mol. The molecular weight excluding hydrogens is 617 g/mol. The van der Waals surface area contributed by atoms with Gasteiger partial charge in [-0.25, -0.2) is 0 Å². The van der Waals surface area contributed by atoms with E-state index in [0.29, 0.717) is 26.1 Å². The van der Waals surface area contributed by atoms with E-state index in [2.05, 4.69) is 0 Å². The van der Waals surface area contributed by atoms with E-state index in [4.69, 9.17) is 14.2 Å². The number of unbranched alkanes of at least 4 members (excludes halogenated alkanes) is 5. The summed E-state index contributed by atoms with van der Waals surface area (Å²) in [5.74, 6) is 2.66. The maximum atomic E-state index is 13.8. The Labute approximate surface area is 268 Å². The first-order valence-corrected chi connectivity index (χ1v) is 17.3. The second-order valence-electron chi connectivity index (χ2n) is 11.5. The third-order valence-electron chi connectivity index (χ3n) is 8.10. The van der Waals surface area contributed by atoms with E-state index in [9.17, 15) is 9.59 Å². The van der Waals surface area contributed by atoms with Crippen LogP contribution >= 0.6 is 0 Å². The van der Waals surface area contributed by atoms with Gasteiger partial charge in [0.1, 0.15) is 11.5 Å². The molecule has 0 saturated heterocycles. The van der Waals surface area contributed by atoms with Crippen LogP contribution in [-0.4, -0.2) is 57.8 Å². The summed E-state index contributed by atoms with van der Waals surface area (Å²) in [7, 11) is 3.32. The van der Waals surface area contributed by atoms with Crippen molar-refractivity contribution in [3.05, 3.63) is 96.6 Å². The summed E-state index contributed by atoms with van der Waals surface area (Å²) in [5.41, 5.74) is 0.833. The van der Waals surface area contributed by atoms with Crippen LogP contribution < -0.4 is 18.7 Å². The summed E-state index contributed by atoms with van der Waals surface area (Å²) < 4.78 is 17.4. The van der Waals surface area contributed by atoms with Gasteiger partial charge in [0.25, 0.3) is 0 Å². The quantitative estimate of drug-likeness (QED) is 0.105. The Hall–Kier alpha value is -3.54. The molecule has 0 unspecified atom stereocenters. The van der Waals surface area contributed by atoms with Crippen molar-refractivity contribution in [3.8, 4) is 17.2 Å². The van der Waals surface area contributed by atoms with E-state index in [1.807, 2.05) is 89.8 Å². The number of ketones is 1. The minimum absolute atomic E-state index is 0.151. The van der Waals surface area contributed by atoms with Crippen LogP contribution in [0.4, 0.5) is 4.79 Å². The number of nitrogens with zero attached hydrogens (tertiary/aromatic N) is 1. The Balaban J connectivity index is 1.30. The predicted octanol–water partition coefficient (Wildman–Crippen LogP) is 7.37. The normalized spacial score (nSPS) is 16.0. The van der Waals surface area contributed by atoms with Gasteiger partial charge in [-0.2, -0.15) is 0 Å². The summed E-state index contributed by atoms with van der Waals surface area (Å²) in [6.45, 7) is 1.83. The molecule has 1 amide bonds. The molecule has 6 nitrogen and oxygen atoms in total. The summed E-state index contributed by atoms with van der Waals surface area (Å²) in [4.78, 5) is 28.6. The van der Waals surface area contributed by atoms with E-state index in [1.54, 1.807) is 20.3 Å². The van der Waals surface area contributed by atoms with Gasteiger partial charge in [-0.05, 0) is 24.3 Å². The van der Waals surface area contributed by atoms with E-state index in [-0.39, 0.29) is 31.0 Å². The fourth-order valence-corrected chi connectivity index (χ4v) is 7.28. The average Bonchev–Trinajstić information content (AvgIpc) is 3.05. The van der Waals surface area contributed by atoms with Crippen LogP contribution in [0.25, 0.3) is 0 Å². The van der Waals surface area contributed by atoms with Crippen molar-refractivity contribution in [1.29, 1.82) is 0 Å². The minimum atomic E-state index is -0.333. The number of rotatable bonds is 18. The second kappa shape index (κ2) is 17.7. The number of hydrogen-bond donors (Lipinski definition) is 0. The standard InChI is InChI=1S/C37H45NO5Se/c1-41-32-18-16-30(17-19-32)28-38(36(40)44-35-14-8-7-9-15-35)29-37(25-12-13-31(39)27-37)24-10-5-3-4-6-11-26-43-34-22-20-33(42-2)21-23-34/h7-9,12-23H,3-6,10-11,24-29H2,1-2H3/t37-/m1/s1. The summed E-state index contributed by atoms with van der Waals surface area (Å²) in [6, 6.07) is 25.6. The summed E-state index contributed by atoms with van der Waals surface area (Å²) in [5, 5.41) is 0. The zero-order valence-electron chi connectivity index (χ0n) is 26.0. The molecule has 0 bridgehead atoms. The van der Waals surface area contributed by atoms with E-state index < -0.39 is 0 Å². The van der Waals surface area contributed by atoms with Crippen molar-refractivity contribution in [2.75, 3.05) is 27.4 Å². The van der Waals surface area contributed by atoms with Gasteiger partial charge in [0, 0.05) is 0 Å². The number of carbonyl (C=O) groups is 2. The number of carbonyl (C=O) groups excluding carboxylic acids is 2. The Kier molecular flexibility index (Phi) is 13.4. The van der Waals surface area contributed by atoms with Crippen molar-refractivity contribution in [2.24, 2.45) is 5.41 Å². The molecule has 4 rings (SSSR count). The zero-order valence-corrected chi connectivity index (χ0v) is 27.8. The fraction of sp³-hybridized carbons (Fsp3) is 0.405. The second-order valence-corrected chi connectivity index (χ2v) is 13.7. The Bertz CT molecular complexity index is 1330. The first-order valence-electron chi connectivity index (χ1n) is 15.6. The first-order chi connectivity index (χ1) is 21.5. The number of amides is 1. The van der Waals surface area contributed by atoms with Crippen LogP contribution in [0.15, 0.2) is 91.0 Å². The number of ether oxygens (including phenoxy) is 3. The topological polar surface area (TPSA) is 65.1 Å². The average molecular weight is 663 g/mol. The molecule has 1 aliphatic rings. The molecule has 0 aromatic heterocycles. The third-order valence-corrected chi connectivity index (χ3v) is 10.1. The maximum absolute atomic E-state index is 13.8. The van der Waals surface area contributed by atoms with Gasteiger partial charge in [-0.15, -0.1) is 0 Å². The molecule has 3 aromatic rings. The molecule has 3 aromatic carbocycles. The molecule has 7 heteroatoms. The van der Waals surface area contributed by atoms with Crippen LogP contribution in [0.2, 0.25) is 0 Å². The molecule has 44 heavy (non-hydrogen) atoms. The third kappa shape index (κ3) is 10.9. The van der Waals surface area contributed by atoms with Gasteiger partial charge in [0.05, 0.1) is 7.11 Å². The molecule has 0 aliphatic heterocycles. The summed E-state index contributed by atoms with van der Waals surface area (Å²) >= 11 is -0.333. The number of benzene rings is 3. The van der Waals surface area contributed by atoms with Gasteiger partial charge in [-0.3, -0.25) is 0 Å². The van der Waals surface area contributed by atoms with Crippen LogP contribution in [-0.2, 0) is 11.3 Å². The molecule has 0 N–H and O–H groups in total. The molecule has 0 saturated carbocycles.